The fourth-order valence-electron chi connectivity index (χ4n) is 5.19. The van der Waals surface area contributed by atoms with Gasteiger partial charge >= 0.3 is 17.9 Å². The Hall–Kier alpha value is -3.49. The average molecular weight is 727 g/mol. The van der Waals surface area contributed by atoms with Gasteiger partial charge in [-0.1, -0.05) is 157 Å². The molecule has 0 bridgehead atoms. The van der Waals surface area contributed by atoms with Crippen LogP contribution in [0.2, 0.25) is 0 Å². The molecule has 0 heterocycles. The van der Waals surface area contributed by atoms with E-state index in [0.29, 0.717) is 19.3 Å². The normalized spacial score (nSPS) is 13.9. The molecule has 8 heteroatoms. The molecule has 52 heavy (non-hydrogen) atoms. The molecule has 0 aliphatic heterocycles. The van der Waals surface area contributed by atoms with Crippen LogP contribution in [0.5, 0.6) is 0 Å². The third kappa shape index (κ3) is 32.4. The van der Waals surface area contributed by atoms with E-state index < -0.39 is 18.1 Å². The summed E-state index contributed by atoms with van der Waals surface area (Å²) in [6.07, 6.45) is 43.4. The van der Waals surface area contributed by atoms with Crippen molar-refractivity contribution in [1.29, 1.82) is 0 Å². The number of allylic oxidation sites excluding steroid dienone is 14. The fraction of sp³-hybridized carbons (Fsp3) is 0.614. The van der Waals surface area contributed by atoms with Crippen molar-refractivity contribution in [3.05, 3.63) is 85.1 Å². The summed E-state index contributed by atoms with van der Waals surface area (Å²) in [5, 5.41) is 9.58. The highest BCUT2D eigenvalue weighted by molar-refractivity contribution is 5.72. The van der Waals surface area contributed by atoms with Crippen molar-refractivity contribution in [2.75, 3.05) is 41.0 Å². The van der Waals surface area contributed by atoms with E-state index in [4.69, 9.17) is 14.2 Å². The maximum atomic E-state index is 12.7. The van der Waals surface area contributed by atoms with E-state index in [-0.39, 0.29) is 42.7 Å². The largest absolute Gasteiger partial charge is 0.477 e. The Kier molecular flexibility index (Phi) is 32.3. The lowest BCUT2D eigenvalue weighted by molar-refractivity contribution is -0.887. The van der Waals surface area contributed by atoms with Crippen LogP contribution in [0.3, 0.4) is 0 Å². The molecule has 0 radical (unpaired) electrons. The number of carboxylic acid groups (broad SMARTS) is 1. The minimum absolute atomic E-state index is 0.0379. The molecule has 0 aliphatic rings. The predicted octanol–water partition coefficient (Wildman–Crippen LogP) is 10.2. The Labute approximate surface area is 316 Å². The first-order chi connectivity index (χ1) is 25.1. The zero-order valence-corrected chi connectivity index (χ0v) is 33.2. The number of esters is 2. The van der Waals surface area contributed by atoms with Gasteiger partial charge in [0.2, 0.25) is 0 Å². The van der Waals surface area contributed by atoms with Crippen LogP contribution >= 0.6 is 0 Å². The SMILES string of the molecule is CC/C=C/C=C/C=C/C=C/C=C/C=C/C=C/CCCCCC(=O)OC(COCCC(C(=O)O)[N+](C)(C)C)COC(=O)CCCCCCCCCCC. The van der Waals surface area contributed by atoms with E-state index in [1.807, 2.05) is 94.1 Å². The minimum atomic E-state index is -0.888. The summed E-state index contributed by atoms with van der Waals surface area (Å²) in [5.41, 5.74) is 0. The van der Waals surface area contributed by atoms with E-state index in [9.17, 15) is 19.5 Å². The number of rotatable bonds is 33. The second kappa shape index (κ2) is 34.6. The monoisotopic (exact) mass is 727 g/mol. The molecule has 0 aromatic carbocycles. The number of carbonyl (C=O) groups is 3. The van der Waals surface area contributed by atoms with Crippen LogP contribution in [-0.2, 0) is 28.6 Å². The molecular weight excluding hydrogens is 654 g/mol. The van der Waals surface area contributed by atoms with Crippen molar-refractivity contribution in [2.24, 2.45) is 0 Å². The van der Waals surface area contributed by atoms with Gasteiger partial charge in [0.25, 0.3) is 0 Å². The van der Waals surface area contributed by atoms with Crippen molar-refractivity contribution in [1.82, 2.24) is 0 Å². The summed E-state index contributed by atoms with van der Waals surface area (Å²) >= 11 is 0. The molecule has 0 spiro atoms. The molecule has 0 aliphatic carbocycles. The Morgan fingerprint density at radius 2 is 1.08 bits per heavy atom. The predicted molar refractivity (Wildman–Crippen MR) is 215 cm³/mol. The van der Waals surface area contributed by atoms with E-state index in [1.54, 1.807) is 0 Å². The second-order valence-electron chi connectivity index (χ2n) is 14.0. The number of likely N-dealkylation sites (N-methyl/N-ethyl adjacent to an activating group) is 1. The molecular formula is C44H72NO7+. The lowest BCUT2D eigenvalue weighted by Gasteiger charge is -2.31. The summed E-state index contributed by atoms with van der Waals surface area (Å²) in [6.45, 7) is 4.49. The smallest absolute Gasteiger partial charge is 0.362 e. The van der Waals surface area contributed by atoms with Gasteiger partial charge in [-0.25, -0.2) is 4.79 Å². The van der Waals surface area contributed by atoms with Gasteiger partial charge in [-0.05, 0) is 32.1 Å². The van der Waals surface area contributed by atoms with Crippen LogP contribution in [0.4, 0.5) is 0 Å². The Morgan fingerprint density at radius 1 is 0.596 bits per heavy atom. The second-order valence-corrected chi connectivity index (χ2v) is 14.0. The van der Waals surface area contributed by atoms with Gasteiger partial charge in [-0.2, -0.15) is 0 Å². The Bertz CT molecular complexity index is 1120. The van der Waals surface area contributed by atoms with Crippen molar-refractivity contribution >= 4 is 17.9 Å². The van der Waals surface area contributed by atoms with Crippen LogP contribution in [0.25, 0.3) is 0 Å². The van der Waals surface area contributed by atoms with Gasteiger partial charge in [0.15, 0.2) is 12.1 Å². The van der Waals surface area contributed by atoms with E-state index in [0.717, 1.165) is 44.9 Å². The lowest BCUT2D eigenvalue weighted by Crippen LogP contribution is -2.50. The first kappa shape index (κ1) is 48.5. The van der Waals surface area contributed by atoms with Gasteiger partial charge in [-0.3, -0.25) is 9.59 Å². The molecule has 294 valence electrons. The lowest BCUT2D eigenvalue weighted by atomic mass is 10.1. The highest BCUT2D eigenvalue weighted by atomic mass is 16.6. The number of nitrogens with zero attached hydrogens (tertiary/aromatic N) is 1. The first-order valence-electron chi connectivity index (χ1n) is 19.7. The van der Waals surface area contributed by atoms with E-state index in [2.05, 4.69) is 26.0 Å². The third-order valence-corrected chi connectivity index (χ3v) is 8.25. The molecule has 0 amide bonds. The summed E-state index contributed by atoms with van der Waals surface area (Å²) in [6, 6.07) is -0.626. The summed E-state index contributed by atoms with van der Waals surface area (Å²) in [7, 11) is 5.49. The molecule has 0 saturated heterocycles. The van der Waals surface area contributed by atoms with Crippen LogP contribution in [-0.4, -0.2) is 80.6 Å². The first-order valence-corrected chi connectivity index (χ1v) is 19.7. The van der Waals surface area contributed by atoms with Crippen LogP contribution < -0.4 is 0 Å². The van der Waals surface area contributed by atoms with Crippen LogP contribution in [0, 0.1) is 0 Å². The quantitative estimate of drug-likeness (QED) is 0.0311. The van der Waals surface area contributed by atoms with Gasteiger partial charge in [0, 0.05) is 19.3 Å². The number of carboxylic acids is 1. The van der Waals surface area contributed by atoms with E-state index >= 15 is 0 Å². The molecule has 2 atom stereocenters. The molecule has 8 nitrogen and oxygen atoms in total. The maximum Gasteiger partial charge on any atom is 0.362 e. The van der Waals surface area contributed by atoms with Crippen molar-refractivity contribution in [3.8, 4) is 0 Å². The van der Waals surface area contributed by atoms with Gasteiger partial charge in [0.1, 0.15) is 6.61 Å². The molecule has 2 unspecified atom stereocenters. The van der Waals surface area contributed by atoms with Crippen molar-refractivity contribution < 1.29 is 38.2 Å². The molecule has 0 aromatic heterocycles. The number of hydrogen-bond acceptors (Lipinski definition) is 6. The number of unbranched alkanes of at least 4 members (excludes halogenated alkanes) is 11. The molecule has 0 saturated carbocycles. The summed E-state index contributed by atoms with van der Waals surface area (Å²) in [5.74, 6) is -1.54. The van der Waals surface area contributed by atoms with Crippen LogP contribution in [0.1, 0.15) is 123 Å². The number of aliphatic carboxylic acids is 1. The van der Waals surface area contributed by atoms with Crippen LogP contribution in [0.15, 0.2) is 85.1 Å². The van der Waals surface area contributed by atoms with Crippen molar-refractivity contribution in [3.63, 3.8) is 0 Å². The van der Waals surface area contributed by atoms with Gasteiger partial charge in [0.05, 0.1) is 34.4 Å². The standard InChI is InChI=1S/C44H71NO7/c1-6-8-10-12-14-16-17-18-19-20-21-22-23-24-25-27-29-31-33-35-43(47)52-40(38-50-37-36-41(44(48)49)45(3,4)5)39-51-42(46)34-32-30-28-26-15-13-11-9-7-2/h8,10,12,14,16-25,40-41H,6-7,9,11,13,15,26-39H2,1-5H3/p+1/b10-8+,14-12+,17-16+,19-18+,21-20+,23-22+,25-24+. The fourth-order valence-corrected chi connectivity index (χ4v) is 5.19. The maximum absolute atomic E-state index is 12.7. The zero-order valence-electron chi connectivity index (χ0n) is 33.2. The molecule has 0 fully saturated rings. The highest BCUT2D eigenvalue weighted by Gasteiger charge is 2.31. The number of hydrogen-bond donors (Lipinski definition) is 1. The average Bonchev–Trinajstić information content (AvgIpc) is 3.09. The van der Waals surface area contributed by atoms with Gasteiger partial charge < -0.3 is 23.8 Å². The Balaban J connectivity index is 4.53. The highest BCUT2D eigenvalue weighted by Crippen LogP contribution is 2.13. The molecule has 1 N–H and O–H groups in total. The van der Waals surface area contributed by atoms with Gasteiger partial charge in [-0.15, -0.1) is 0 Å². The number of carbonyl (C=O) groups excluding carboxylic acids is 2. The number of quaternary nitrogens is 1. The zero-order chi connectivity index (χ0) is 38.5. The molecule has 0 rings (SSSR count). The van der Waals surface area contributed by atoms with Crippen molar-refractivity contribution in [2.45, 2.75) is 135 Å². The topological polar surface area (TPSA) is 99.1 Å². The summed E-state index contributed by atoms with van der Waals surface area (Å²) in [4.78, 5) is 36.8. The molecule has 0 aromatic rings. The summed E-state index contributed by atoms with van der Waals surface area (Å²) < 4.78 is 17.1. The number of ether oxygens (including phenoxy) is 3. The van der Waals surface area contributed by atoms with E-state index in [1.165, 1.54) is 38.5 Å². The third-order valence-electron chi connectivity index (χ3n) is 8.25. The minimum Gasteiger partial charge on any atom is -0.477 e. The Morgan fingerprint density at radius 3 is 1.60 bits per heavy atom.